The number of nitrogens with one attached hydrogen (secondary N) is 1. The van der Waals surface area contributed by atoms with Crippen molar-refractivity contribution in [2.24, 2.45) is 0 Å². The van der Waals surface area contributed by atoms with Gasteiger partial charge in [0.25, 0.3) is 0 Å². The third-order valence-electron chi connectivity index (χ3n) is 3.43. The van der Waals surface area contributed by atoms with Crippen molar-refractivity contribution in [1.29, 1.82) is 0 Å². The van der Waals surface area contributed by atoms with E-state index in [9.17, 15) is 9.18 Å². The summed E-state index contributed by atoms with van der Waals surface area (Å²) in [6.07, 6.45) is 0.716. The molecule has 0 spiro atoms. The number of rotatable bonds is 7. The van der Waals surface area contributed by atoms with Crippen LogP contribution in [0.4, 0.5) is 4.39 Å². The number of benzene rings is 2. The maximum absolute atomic E-state index is 12.8. The molecule has 23 heavy (non-hydrogen) atoms. The molecule has 1 amide bonds. The van der Waals surface area contributed by atoms with Crippen LogP contribution < -0.4 is 5.32 Å². The average Bonchev–Trinajstić information content (AvgIpc) is 2.48. The molecule has 0 saturated heterocycles. The topological polar surface area (TPSA) is 29.1 Å². The number of hydrogen-bond donors (Lipinski definition) is 1. The lowest BCUT2D eigenvalue weighted by atomic mass is 10.1. The molecule has 0 atom stereocenters. The molecule has 2 nitrogen and oxygen atoms in total. The first-order valence-corrected chi connectivity index (χ1v) is 8.84. The van der Waals surface area contributed by atoms with Crippen LogP contribution in [-0.2, 0) is 17.0 Å². The van der Waals surface area contributed by atoms with Gasteiger partial charge in [-0.3, -0.25) is 4.79 Å². The number of halogens is 1. The van der Waals surface area contributed by atoms with Crippen LogP contribution in [0.3, 0.4) is 0 Å². The quantitative estimate of drug-likeness (QED) is 0.830. The molecule has 0 bridgehead atoms. The van der Waals surface area contributed by atoms with E-state index >= 15 is 0 Å². The van der Waals surface area contributed by atoms with Crippen LogP contribution in [0.5, 0.6) is 0 Å². The van der Waals surface area contributed by atoms with Crippen molar-refractivity contribution in [1.82, 2.24) is 5.32 Å². The molecule has 0 aromatic heterocycles. The molecule has 2 aromatic rings. The Kier molecular flexibility index (Phi) is 6.66. The summed E-state index contributed by atoms with van der Waals surface area (Å²) in [5, 5.41) is 2.90. The molecular formula is C19H22FNOS. The average molecular weight is 331 g/mol. The number of carbonyl (C=O) groups excluding carboxylic acids is 1. The van der Waals surface area contributed by atoms with Gasteiger partial charge in [-0.1, -0.05) is 41.5 Å². The fraction of sp³-hybridized carbons (Fsp3) is 0.316. The van der Waals surface area contributed by atoms with Crippen molar-refractivity contribution in [3.8, 4) is 0 Å². The molecule has 0 radical (unpaired) electrons. The molecule has 0 aliphatic carbocycles. The monoisotopic (exact) mass is 331 g/mol. The molecule has 0 heterocycles. The maximum atomic E-state index is 12.8. The Balaban J connectivity index is 1.66. The lowest BCUT2D eigenvalue weighted by Gasteiger charge is -2.07. The number of hydrogen-bond acceptors (Lipinski definition) is 2. The first-order chi connectivity index (χ1) is 11.0. The highest BCUT2D eigenvalue weighted by Crippen LogP contribution is 2.15. The fourth-order valence-corrected chi connectivity index (χ4v) is 3.25. The summed E-state index contributed by atoms with van der Waals surface area (Å²) in [7, 11) is 0. The molecule has 0 saturated carbocycles. The second-order valence-corrected chi connectivity index (χ2v) is 6.70. The lowest BCUT2D eigenvalue weighted by Crippen LogP contribution is -2.27. The van der Waals surface area contributed by atoms with E-state index in [1.807, 2.05) is 0 Å². The fourth-order valence-electron chi connectivity index (χ4n) is 2.46. The number of amides is 1. The van der Waals surface area contributed by atoms with Crippen molar-refractivity contribution < 1.29 is 9.18 Å². The highest BCUT2D eigenvalue weighted by molar-refractivity contribution is 7.99. The molecule has 2 rings (SSSR count). The van der Waals surface area contributed by atoms with Crippen LogP contribution in [0.15, 0.2) is 42.5 Å². The van der Waals surface area contributed by atoms with Crippen LogP contribution in [0.25, 0.3) is 0 Å². The number of thioether (sulfide) groups is 1. The molecule has 2 aromatic carbocycles. The summed E-state index contributed by atoms with van der Waals surface area (Å²) >= 11 is 1.62. The Hall–Kier alpha value is -1.81. The summed E-state index contributed by atoms with van der Waals surface area (Å²) < 4.78 is 12.8. The minimum absolute atomic E-state index is 0.0430. The van der Waals surface area contributed by atoms with Gasteiger partial charge in [-0.05, 0) is 43.5 Å². The number of carbonyl (C=O) groups is 1. The molecule has 1 N–H and O–H groups in total. The second kappa shape index (κ2) is 8.73. The van der Waals surface area contributed by atoms with Gasteiger partial charge in [0.05, 0.1) is 5.75 Å². The van der Waals surface area contributed by atoms with E-state index in [1.54, 1.807) is 23.9 Å². The van der Waals surface area contributed by atoms with E-state index in [0.29, 0.717) is 18.7 Å². The molecule has 0 fully saturated rings. The highest BCUT2D eigenvalue weighted by Gasteiger charge is 2.03. The van der Waals surface area contributed by atoms with Crippen LogP contribution in [-0.4, -0.2) is 18.2 Å². The zero-order valence-corrected chi connectivity index (χ0v) is 14.4. The van der Waals surface area contributed by atoms with Gasteiger partial charge >= 0.3 is 0 Å². The standard InChI is InChI=1S/C19H22FNOS/c1-14-9-15(2)11-17(10-14)12-23-13-19(22)21-8-7-16-3-5-18(20)6-4-16/h3-6,9-11H,7-8,12-13H2,1-2H3,(H,21,22). The van der Waals surface area contributed by atoms with E-state index < -0.39 is 0 Å². The minimum Gasteiger partial charge on any atom is -0.355 e. The first kappa shape index (κ1) is 17.5. The first-order valence-electron chi connectivity index (χ1n) is 7.69. The molecule has 4 heteroatoms. The molecule has 0 aliphatic heterocycles. The summed E-state index contributed by atoms with van der Waals surface area (Å²) in [5.41, 5.74) is 4.79. The van der Waals surface area contributed by atoms with Crippen molar-refractivity contribution in [2.45, 2.75) is 26.0 Å². The van der Waals surface area contributed by atoms with Gasteiger partial charge in [0.1, 0.15) is 5.82 Å². The van der Waals surface area contributed by atoms with Gasteiger partial charge in [-0.25, -0.2) is 4.39 Å². The van der Waals surface area contributed by atoms with Gasteiger partial charge in [0.15, 0.2) is 0 Å². The maximum Gasteiger partial charge on any atom is 0.230 e. The van der Waals surface area contributed by atoms with E-state index in [0.717, 1.165) is 11.3 Å². The van der Waals surface area contributed by atoms with Gasteiger partial charge in [-0.2, -0.15) is 0 Å². The zero-order valence-electron chi connectivity index (χ0n) is 13.6. The van der Waals surface area contributed by atoms with Gasteiger partial charge in [-0.15, -0.1) is 11.8 Å². The smallest absolute Gasteiger partial charge is 0.230 e. The SMILES string of the molecule is Cc1cc(C)cc(CSCC(=O)NCCc2ccc(F)cc2)c1. The minimum atomic E-state index is -0.236. The van der Waals surface area contributed by atoms with E-state index in [2.05, 4.69) is 37.4 Å². The van der Waals surface area contributed by atoms with Gasteiger partial charge < -0.3 is 5.32 Å². The highest BCUT2D eigenvalue weighted by atomic mass is 32.2. The van der Waals surface area contributed by atoms with Crippen molar-refractivity contribution in [3.05, 3.63) is 70.5 Å². The molecular weight excluding hydrogens is 309 g/mol. The normalized spacial score (nSPS) is 10.6. The third-order valence-corrected chi connectivity index (χ3v) is 4.44. The largest absolute Gasteiger partial charge is 0.355 e. The Morgan fingerprint density at radius 3 is 2.35 bits per heavy atom. The predicted molar refractivity (Wildman–Crippen MR) is 95.2 cm³/mol. The van der Waals surface area contributed by atoms with Gasteiger partial charge in [0.2, 0.25) is 5.91 Å². The Bertz CT molecular complexity index is 635. The Morgan fingerprint density at radius 1 is 1.04 bits per heavy atom. The van der Waals surface area contributed by atoms with E-state index in [1.165, 1.54) is 28.8 Å². The Morgan fingerprint density at radius 2 is 1.70 bits per heavy atom. The second-order valence-electron chi connectivity index (χ2n) is 5.72. The molecule has 0 unspecified atom stereocenters. The van der Waals surface area contributed by atoms with Crippen LogP contribution in [0, 0.1) is 19.7 Å². The molecule has 122 valence electrons. The van der Waals surface area contributed by atoms with E-state index in [-0.39, 0.29) is 11.7 Å². The van der Waals surface area contributed by atoms with E-state index in [4.69, 9.17) is 0 Å². The summed E-state index contributed by atoms with van der Waals surface area (Å²) in [5.74, 6) is 1.10. The molecule has 0 aliphatic rings. The number of aryl methyl sites for hydroxylation is 2. The van der Waals surface area contributed by atoms with Crippen molar-refractivity contribution in [2.75, 3.05) is 12.3 Å². The summed E-state index contributed by atoms with van der Waals surface area (Å²) in [6.45, 7) is 4.75. The van der Waals surface area contributed by atoms with Crippen LogP contribution in [0.1, 0.15) is 22.3 Å². The predicted octanol–water partition coefficient (Wildman–Crippen LogP) is 4.03. The summed E-state index contributed by atoms with van der Waals surface area (Å²) in [6, 6.07) is 12.8. The van der Waals surface area contributed by atoms with Crippen LogP contribution in [0.2, 0.25) is 0 Å². The third kappa shape index (κ3) is 6.45. The van der Waals surface area contributed by atoms with Crippen molar-refractivity contribution >= 4 is 17.7 Å². The van der Waals surface area contributed by atoms with Crippen molar-refractivity contribution in [3.63, 3.8) is 0 Å². The van der Waals surface area contributed by atoms with Gasteiger partial charge in [0, 0.05) is 12.3 Å². The zero-order chi connectivity index (χ0) is 16.7. The summed E-state index contributed by atoms with van der Waals surface area (Å²) in [4.78, 5) is 11.8. The van der Waals surface area contributed by atoms with Crippen LogP contribution >= 0.6 is 11.8 Å². The Labute approximate surface area is 141 Å². The lowest BCUT2D eigenvalue weighted by molar-refractivity contribution is -0.118.